The molecule has 0 bridgehead atoms. The fourth-order valence-corrected chi connectivity index (χ4v) is 1.41. The first-order valence-corrected chi connectivity index (χ1v) is 5.62. The van der Waals surface area contributed by atoms with Crippen LogP contribution in [0.25, 0.3) is 0 Å². The Kier molecular flexibility index (Phi) is 6.00. The van der Waals surface area contributed by atoms with Crippen molar-refractivity contribution < 1.29 is 9.53 Å². The summed E-state index contributed by atoms with van der Waals surface area (Å²) in [5.74, 6) is -0.103. The molecule has 0 heterocycles. The standard InChI is InChI=1S/C9H17O2P/c1-7(2)5-6-9(12-4)11-8(3)10/h5,9,12H,6H2,1-4H3. The number of carbonyl (C=O) groups is 1. The summed E-state index contributed by atoms with van der Waals surface area (Å²) in [6, 6.07) is 0. The van der Waals surface area contributed by atoms with Crippen LogP contribution in [0.5, 0.6) is 0 Å². The number of carbonyl (C=O) groups excluding carboxylic acids is 1. The smallest absolute Gasteiger partial charge is 0.303 e. The van der Waals surface area contributed by atoms with Crippen molar-refractivity contribution in [1.82, 2.24) is 0 Å². The highest BCUT2D eigenvalue weighted by Crippen LogP contribution is 2.20. The minimum Gasteiger partial charge on any atom is -0.458 e. The van der Waals surface area contributed by atoms with Crippen LogP contribution in [-0.4, -0.2) is 18.5 Å². The highest BCUT2D eigenvalue weighted by atomic mass is 31.1. The molecule has 0 aliphatic carbocycles. The Morgan fingerprint density at radius 3 is 2.42 bits per heavy atom. The second kappa shape index (κ2) is 6.19. The number of allylic oxidation sites excluding steroid dienone is 1. The molecule has 2 nitrogen and oxygen atoms in total. The Morgan fingerprint density at radius 1 is 1.50 bits per heavy atom. The summed E-state index contributed by atoms with van der Waals surface area (Å²) in [6.45, 7) is 7.59. The second-order valence-electron chi connectivity index (χ2n) is 2.90. The second-order valence-corrected chi connectivity index (χ2v) is 4.13. The zero-order chi connectivity index (χ0) is 9.56. The number of ether oxygens (including phenoxy) is 1. The van der Waals surface area contributed by atoms with Crippen LogP contribution in [0.3, 0.4) is 0 Å². The third-order valence-electron chi connectivity index (χ3n) is 1.37. The van der Waals surface area contributed by atoms with Gasteiger partial charge in [-0.25, -0.2) is 0 Å². The quantitative estimate of drug-likeness (QED) is 0.385. The minimum absolute atomic E-state index is 0.0809. The van der Waals surface area contributed by atoms with Crippen molar-refractivity contribution in [1.29, 1.82) is 0 Å². The Bertz CT molecular complexity index is 171. The molecule has 0 aromatic carbocycles. The molecule has 0 saturated heterocycles. The van der Waals surface area contributed by atoms with E-state index >= 15 is 0 Å². The number of esters is 1. The van der Waals surface area contributed by atoms with Crippen LogP contribution in [-0.2, 0) is 9.53 Å². The maximum Gasteiger partial charge on any atom is 0.303 e. The molecule has 70 valence electrons. The van der Waals surface area contributed by atoms with Gasteiger partial charge >= 0.3 is 5.97 Å². The van der Waals surface area contributed by atoms with Crippen molar-refractivity contribution in [2.45, 2.75) is 33.0 Å². The number of rotatable bonds is 4. The zero-order valence-corrected chi connectivity index (χ0v) is 9.18. The van der Waals surface area contributed by atoms with E-state index in [0.29, 0.717) is 8.58 Å². The lowest BCUT2D eigenvalue weighted by atomic mass is 10.3. The first kappa shape index (κ1) is 11.6. The van der Waals surface area contributed by atoms with Crippen LogP contribution in [0.1, 0.15) is 27.2 Å². The average molecular weight is 188 g/mol. The van der Waals surface area contributed by atoms with Gasteiger partial charge in [0, 0.05) is 13.3 Å². The van der Waals surface area contributed by atoms with Gasteiger partial charge in [-0.3, -0.25) is 4.79 Å². The Balaban J connectivity index is 3.83. The molecule has 2 atom stereocenters. The van der Waals surface area contributed by atoms with Crippen LogP contribution in [0.15, 0.2) is 11.6 Å². The van der Waals surface area contributed by atoms with E-state index in [1.165, 1.54) is 12.5 Å². The van der Waals surface area contributed by atoms with Gasteiger partial charge in [0.25, 0.3) is 0 Å². The summed E-state index contributed by atoms with van der Waals surface area (Å²) in [6.07, 6.45) is 2.95. The van der Waals surface area contributed by atoms with Crippen molar-refractivity contribution in [2.24, 2.45) is 0 Å². The van der Waals surface area contributed by atoms with Crippen molar-refractivity contribution >= 4 is 14.6 Å². The Hall–Kier alpha value is -0.360. The molecule has 0 saturated carbocycles. The summed E-state index contributed by atoms with van der Waals surface area (Å²) < 4.78 is 5.08. The third kappa shape index (κ3) is 6.36. The van der Waals surface area contributed by atoms with E-state index in [1.807, 2.05) is 20.5 Å². The molecule has 0 aromatic rings. The van der Waals surface area contributed by atoms with Crippen molar-refractivity contribution in [3.63, 3.8) is 0 Å². The van der Waals surface area contributed by atoms with Gasteiger partial charge in [0.15, 0.2) is 0 Å². The molecule has 0 rings (SSSR count). The molecule has 0 aliphatic rings. The van der Waals surface area contributed by atoms with Gasteiger partial charge in [0.2, 0.25) is 0 Å². The SMILES string of the molecule is CPC(CC=C(C)C)OC(C)=O. The summed E-state index contributed by atoms with van der Waals surface area (Å²) >= 11 is 0. The monoisotopic (exact) mass is 188 g/mol. The third-order valence-corrected chi connectivity index (χ3v) is 2.37. The number of hydrogen-bond donors (Lipinski definition) is 0. The lowest BCUT2D eigenvalue weighted by molar-refractivity contribution is -0.142. The molecule has 2 unspecified atom stereocenters. The van der Waals surface area contributed by atoms with Gasteiger partial charge in [-0.1, -0.05) is 20.2 Å². The van der Waals surface area contributed by atoms with Gasteiger partial charge in [-0.15, -0.1) is 0 Å². The van der Waals surface area contributed by atoms with E-state index in [9.17, 15) is 4.79 Å². The molecular weight excluding hydrogens is 171 g/mol. The molecule has 0 radical (unpaired) electrons. The minimum atomic E-state index is -0.184. The Morgan fingerprint density at radius 2 is 2.08 bits per heavy atom. The van der Waals surface area contributed by atoms with E-state index in [-0.39, 0.29) is 11.8 Å². The highest BCUT2D eigenvalue weighted by molar-refractivity contribution is 7.37. The van der Waals surface area contributed by atoms with Crippen LogP contribution >= 0.6 is 8.58 Å². The summed E-state index contributed by atoms with van der Waals surface area (Å²) in [5, 5.41) is 0. The van der Waals surface area contributed by atoms with Crippen LogP contribution in [0.2, 0.25) is 0 Å². The molecule has 0 aliphatic heterocycles. The molecule has 0 amide bonds. The normalized spacial score (nSPS) is 13.0. The molecule has 0 aromatic heterocycles. The van der Waals surface area contributed by atoms with Gasteiger partial charge in [0.1, 0.15) is 5.85 Å². The predicted molar refractivity (Wildman–Crippen MR) is 53.8 cm³/mol. The van der Waals surface area contributed by atoms with Crippen molar-refractivity contribution in [3.8, 4) is 0 Å². The van der Waals surface area contributed by atoms with Crippen molar-refractivity contribution in [2.75, 3.05) is 6.66 Å². The molecular formula is C9H17O2P. The number of hydrogen-bond acceptors (Lipinski definition) is 2. The van der Waals surface area contributed by atoms with E-state index in [0.717, 1.165) is 6.42 Å². The average Bonchev–Trinajstić information content (AvgIpc) is 1.97. The summed E-state index contributed by atoms with van der Waals surface area (Å²) in [4.78, 5) is 10.6. The van der Waals surface area contributed by atoms with Gasteiger partial charge in [-0.2, -0.15) is 0 Å². The maximum absolute atomic E-state index is 10.6. The fraction of sp³-hybridized carbons (Fsp3) is 0.667. The van der Waals surface area contributed by atoms with Gasteiger partial charge in [0.05, 0.1) is 0 Å². The predicted octanol–water partition coefficient (Wildman–Crippen LogP) is 2.54. The lowest BCUT2D eigenvalue weighted by Gasteiger charge is -2.12. The summed E-state index contributed by atoms with van der Waals surface area (Å²) in [5.41, 5.74) is 1.27. The van der Waals surface area contributed by atoms with Crippen LogP contribution < -0.4 is 0 Å². The first-order valence-electron chi connectivity index (χ1n) is 4.04. The molecule has 12 heavy (non-hydrogen) atoms. The van der Waals surface area contributed by atoms with Crippen molar-refractivity contribution in [3.05, 3.63) is 11.6 Å². The molecule has 0 fully saturated rings. The highest BCUT2D eigenvalue weighted by Gasteiger charge is 2.06. The van der Waals surface area contributed by atoms with Gasteiger partial charge < -0.3 is 4.74 Å². The van der Waals surface area contributed by atoms with Crippen LogP contribution in [0, 0.1) is 0 Å². The van der Waals surface area contributed by atoms with E-state index < -0.39 is 0 Å². The topological polar surface area (TPSA) is 26.3 Å². The largest absolute Gasteiger partial charge is 0.458 e. The lowest BCUT2D eigenvalue weighted by Crippen LogP contribution is -2.09. The van der Waals surface area contributed by atoms with Crippen LogP contribution in [0.4, 0.5) is 0 Å². The van der Waals surface area contributed by atoms with E-state index in [1.54, 1.807) is 0 Å². The Labute approximate surface area is 76.2 Å². The molecule has 0 spiro atoms. The summed E-state index contributed by atoms with van der Waals surface area (Å²) in [7, 11) is 0.654. The van der Waals surface area contributed by atoms with E-state index in [2.05, 4.69) is 6.08 Å². The fourth-order valence-electron chi connectivity index (χ4n) is 0.768. The van der Waals surface area contributed by atoms with E-state index in [4.69, 9.17) is 4.74 Å². The maximum atomic E-state index is 10.6. The zero-order valence-electron chi connectivity index (χ0n) is 8.18. The molecule has 0 N–H and O–H groups in total. The van der Waals surface area contributed by atoms with Gasteiger partial charge in [-0.05, 0) is 20.5 Å². The first-order chi connectivity index (χ1) is 5.56. The molecule has 3 heteroatoms.